The molecule has 9 nitrogen and oxygen atoms in total. The number of hydrogen-bond donors (Lipinski definition) is 1. The molecule has 0 spiro atoms. The lowest BCUT2D eigenvalue weighted by Gasteiger charge is -2.59. The van der Waals surface area contributed by atoms with Crippen molar-refractivity contribution in [2.45, 2.75) is 183 Å². The monoisotopic (exact) mass is 731 g/mol. The normalized spacial score (nSPS) is 38.4. The summed E-state index contributed by atoms with van der Waals surface area (Å²) in [6, 6.07) is 0. The van der Waals surface area contributed by atoms with E-state index in [-0.39, 0.29) is 40.4 Å². The van der Waals surface area contributed by atoms with Crippen LogP contribution in [0.15, 0.2) is 0 Å². The van der Waals surface area contributed by atoms with Gasteiger partial charge in [-0.15, -0.1) is 0 Å². The van der Waals surface area contributed by atoms with E-state index in [1.807, 2.05) is 41.5 Å². The van der Waals surface area contributed by atoms with E-state index in [0.29, 0.717) is 49.0 Å². The smallest absolute Gasteiger partial charge is 0.347 e. The zero-order chi connectivity index (χ0) is 38.4. The molecule has 3 unspecified atom stereocenters. The summed E-state index contributed by atoms with van der Waals surface area (Å²) < 4.78 is 21.8. The Morgan fingerprint density at radius 1 is 0.692 bits per heavy atom. The SMILES string of the molecule is CCC(C)(C)C(=O)OC1(C)C2CC3CC(C2)CC1C3.CCC(C)(C)C(=O)OC1C2CC3CC1CC(O)(C3)C2.CCC(C)(C)C(=O)OC1CCOC1=O. The first-order valence-electron chi connectivity index (χ1n) is 20.7. The van der Waals surface area contributed by atoms with Crippen molar-refractivity contribution in [2.24, 2.45) is 57.7 Å². The molecule has 8 aliphatic carbocycles. The standard InChI is InChI=1S/C17H28O2.C16H26O3.C10H16O4/c1-5-16(2,3)15(18)19-17(4)13-7-11-6-12(9-13)10-14(17)8-11;1-4-15(2,3)14(17)19-13-11-5-10-6-12(13)9-16(18,7-10)8-11;1-4-10(2,3)9(12)14-7-5-6-13-8(7)11/h11-14H,5-10H2,1-4H3;10-13,18H,4-9H2,1-3H3;7H,4-6H2,1-3H3. The maximum Gasteiger partial charge on any atom is 0.347 e. The highest BCUT2D eigenvalue weighted by Gasteiger charge is 2.58. The molecule has 0 amide bonds. The van der Waals surface area contributed by atoms with Crippen LogP contribution in [0.5, 0.6) is 0 Å². The van der Waals surface area contributed by atoms with Crippen LogP contribution in [0.4, 0.5) is 0 Å². The molecule has 0 aromatic rings. The number of carbonyl (C=O) groups excluding carboxylic acids is 4. The first-order chi connectivity index (χ1) is 24.1. The first-order valence-corrected chi connectivity index (χ1v) is 20.7. The number of aliphatic hydroxyl groups is 1. The number of ether oxygens (including phenoxy) is 4. The molecule has 52 heavy (non-hydrogen) atoms. The number of carbonyl (C=O) groups is 4. The Balaban J connectivity index is 0.000000153. The zero-order valence-electron chi connectivity index (χ0n) is 34.0. The van der Waals surface area contributed by atoms with Crippen molar-refractivity contribution in [3.05, 3.63) is 0 Å². The van der Waals surface area contributed by atoms with E-state index in [4.69, 9.17) is 18.9 Å². The molecule has 1 aliphatic heterocycles. The highest BCUT2D eigenvalue weighted by Crippen LogP contribution is 2.60. The molecule has 9 aliphatic rings. The second-order valence-corrected chi connectivity index (χ2v) is 20.0. The summed E-state index contributed by atoms with van der Waals surface area (Å²) in [5, 5.41) is 10.5. The maximum atomic E-state index is 12.5. The summed E-state index contributed by atoms with van der Waals surface area (Å²) in [7, 11) is 0. The quantitative estimate of drug-likeness (QED) is 0.184. The van der Waals surface area contributed by atoms with Gasteiger partial charge in [-0.1, -0.05) is 20.8 Å². The number of esters is 4. The van der Waals surface area contributed by atoms with Gasteiger partial charge >= 0.3 is 23.9 Å². The number of cyclic esters (lactones) is 1. The van der Waals surface area contributed by atoms with Gasteiger partial charge in [0.2, 0.25) is 6.10 Å². The molecular formula is C43H70O9. The van der Waals surface area contributed by atoms with Gasteiger partial charge in [-0.3, -0.25) is 14.4 Å². The fourth-order valence-electron chi connectivity index (χ4n) is 10.3. The van der Waals surface area contributed by atoms with Crippen LogP contribution in [0.3, 0.4) is 0 Å². The molecule has 1 N–H and O–H groups in total. The van der Waals surface area contributed by atoms with Gasteiger partial charge < -0.3 is 24.1 Å². The first kappa shape index (κ1) is 41.0. The fraction of sp³-hybridized carbons (Fsp3) is 0.907. The predicted molar refractivity (Wildman–Crippen MR) is 198 cm³/mol. The largest absolute Gasteiger partial charge is 0.463 e. The lowest BCUT2D eigenvalue weighted by molar-refractivity contribution is -0.211. The Morgan fingerprint density at radius 3 is 1.58 bits per heavy atom. The van der Waals surface area contributed by atoms with Gasteiger partial charge in [0.1, 0.15) is 11.7 Å². The van der Waals surface area contributed by atoms with Crippen LogP contribution in [-0.2, 0) is 38.1 Å². The molecule has 9 fully saturated rings. The van der Waals surface area contributed by atoms with E-state index < -0.39 is 23.1 Å². The van der Waals surface area contributed by atoms with Gasteiger partial charge in [0.15, 0.2) is 0 Å². The van der Waals surface area contributed by atoms with E-state index in [1.54, 1.807) is 13.8 Å². The summed E-state index contributed by atoms with van der Waals surface area (Å²) in [5.41, 5.74) is -1.86. The molecule has 9 rings (SSSR count). The molecule has 0 radical (unpaired) electrons. The van der Waals surface area contributed by atoms with Gasteiger partial charge in [-0.2, -0.15) is 0 Å². The average molecular weight is 731 g/mol. The van der Waals surface area contributed by atoms with Gasteiger partial charge in [0.25, 0.3) is 0 Å². The van der Waals surface area contributed by atoms with Crippen LogP contribution in [-0.4, -0.2) is 59.0 Å². The second kappa shape index (κ2) is 15.2. The molecule has 1 heterocycles. The summed E-state index contributed by atoms with van der Waals surface area (Å²) >= 11 is 0. The molecule has 1 saturated heterocycles. The van der Waals surface area contributed by atoms with Crippen molar-refractivity contribution >= 4 is 23.9 Å². The molecular weight excluding hydrogens is 660 g/mol. The van der Waals surface area contributed by atoms with Gasteiger partial charge in [0.05, 0.1) is 28.5 Å². The molecule has 0 aromatic heterocycles. The van der Waals surface area contributed by atoms with Crippen LogP contribution < -0.4 is 0 Å². The Bertz CT molecular complexity index is 1290. The topological polar surface area (TPSA) is 125 Å². The average Bonchev–Trinajstić information content (AvgIpc) is 3.48. The van der Waals surface area contributed by atoms with Crippen molar-refractivity contribution in [3.8, 4) is 0 Å². The van der Waals surface area contributed by atoms with Crippen LogP contribution >= 0.6 is 0 Å². The minimum Gasteiger partial charge on any atom is -0.463 e. The van der Waals surface area contributed by atoms with Crippen LogP contribution in [0.25, 0.3) is 0 Å². The van der Waals surface area contributed by atoms with E-state index >= 15 is 0 Å². The summed E-state index contributed by atoms with van der Waals surface area (Å²) in [6.45, 7) is 20.1. The summed E-state index contributed by atoms with van der Waals surface area (Å²) in [4.78, 5) is 47.3. The van der Waals surface area contributed by atoms with Crippen molar-refractivity contribution < 1.29 is 43.2 Å². The molecule has 8 saturated carbocycles. The Morgan fingerprint density at radius 2 is 1.15 bits per heavy atom. The summed E-state index contributed by atoms with van der Waals surface area (Å²) in [6.07, 6.45) is 13.8. The third-order valence-corrected chi connectivity index (χ3v) is 14.9. The predicted octanol–water partition coefficient (Wildman–Crippen LogP) is 8.37. The Kier molecular flexibility index (Phi) is 12.0. The van der Waals surface area contributed by atoms with Gasteiger partial charge in [-0.05, 0) is 173 Å². The third-order valence-electron chi connectivity index (χ3n) is 14.9. The molecule has 9 heteroatoms. The molecule has 0 aromatic carbocycles. The van der Waals surface area contributed by atoms with Crippen LogP contribution in [0, 0.1) is 57.7 Å². The number of rotatable bonds is 9. The highest BCUT2D eigenvalue weighted by molar-refractivity contribution is 5.82. The Hall–Kier alpha value is -2.16. The fourth-order valence-corrected chi connectivity index (χ4v) is 10.3. The maximum absolute atomic E-state index is 12.5. The van der Waals surface area contributed by atoms with E-state index in [2.05, 4.69) is 13.8 Å². The highest BCUT2D eigenvalue weighted by atomic mass is 16.6. The van der Waals surface area contributed by atoms with Gasteiger partial charge in [-0.25, -0.2) is 4.79 Å². The van der Waals surface area contributed by atoms with E-state index in [1.165, 1.54) is 32.1 Å². The van der Waals surface area contributed by atoms with Crippen molar-refractivity contribution in [3.63, 3.8) is 0 Å². The molecule has 3 atom stereocenters. The van der Waals surface area contributed by atoms with E-state index in [0.717, 1.165) is 56.8 Å². The molecule has 296 valence electrons. The lowest BCUT2D eigenvalue weighted by Crippen LogP contribution is -2.58. The lowest BCUT2D eigenvalue weighted by atomic mass is 9.50. The minimum absolute atomic E-state index is 0.0185. The minimum atomic E-state index is -0.687. The summed E-state index contributed by atoms with van der Waals surface area (Å²) in [5.74, 6) is 3.76. The van der Waals surface area contributed by atoms with Crippen molar-refractivity contribution in [1.82, 2.24) is 0 Å². The zero-order valence-corrected chi connectivity index (χ0v) is 34.0. The second-order valence-electron chi connectivity index (χ2n) is 20.0. The van der Waals surface area contributed by atoms with Crippen molar-refractivity contribution in [2.75, 3.05) is 6.61 Å². The van der Waals surface area contributed by atoms with Crippen LogP contribution in [0.2, 0.25) is 0 Å². The van der Waals surface area contributed by atoms with E-state index in [9.17, 15) is 24.3 Å². The van der Waals surface area contributed by atoms with Crippen molar-refractivity contribution in [1.29, 1.82) is 0 Å². The van der Waals surface area contributed by atoms with Gasteiger partial charge in [0, 0.05) is 6.42 Å². The Labute approximate surface area is 313 Å². The third kappa shape index (κ3) is 8.54. The molecule has 8 bridgehead atoms. The van der Waals surface area contributed by atoms with Crippen LogP contribution in [0.1, 0.15) is 159 Å². The number of hydrogen-bond acceptors (Lipinski definition) is 9.